The van der Waals surface area contributed by atoms with Crippen LogP contribution in [0.2, 0.25) is 0 Å². The van der Waals surface area contributed by atoms with E-state index >= 15 is 0 Å². The Bertz CT molecular complexity index is 1720. The monoisotopic (exact) mass is 534 g/mol. The molecule has 1 aliphatic heterocycles. The predicted molar refractivity (Wildman–Crippen MR) is 156 cm³/mol. The first-order valence-corrected chi connectivity index (χ1v) is 14.0. The molecule has 10 heteroatoms. The van der Waals surface area contributed by atoms with Crippen LogP contribution in [0.3, 0.4) is 0 Å². The van der Waals surface area contributed by atoms with Crippen molar-refractivity contribution < 1.29 is 4.42 Å². The van der Waals surface area contributed by atoms with Crippen LogP contribution < -0.4 is 10.2 Å². The molecule has 39 heavy (non-hydrogen) atoms. The molecule has 0 saturated carbocycles. The van der Waals surface area contributed by atoms with Gasteiger partial charge in [-0.2, -0.15) is 0 Å². The lowest BCUT2D eigenvalue weighted by atomic mass is 10.2. The van der Waals surface area contributed by atoms with Crippen molar-refractivity contribution in [3.8, 4) is 22.7 Å². The van der Waals surface area contributed by atoms with Crippen molar-refractivity contribution in [1.82, 2.24) is 28.6 Å². The number of anilines is 3. The Morgan fingerprint density at radius 3 is 2.62 bits per heavy atom. The zero-order valence-corrected chi connectivity index (χ0v) is 22.2. The fourth-order valence-corrected chi connectivity index (χ4v) is 5.41. The molecule has 0 unspecified atom stereocenters. The van der Waals surface area contributed by atoms with E-state index < -0.39 is 0 Å². The summed E-state index contributed by atoms with van der Waals surface area (Å²) in [5.41, 5.74) is 5.13. The number of furan rings is 1. The smallest absolute Gasteiger partial charge is 0.227 e. The summed E-state index contributed by atoms with van der Waals surface area (Å²) in [6.07, 6.45) is 9.57. The highest BCUT2D eigenvalue weighted by atomic mass is 32.2. The summed E-state index contributed by atoms with van der Waals surface area (Å²) >= 11 is 1.80. The Kier molecular flexibility index (Phi) is 6.10. The number of rotatable bonds is 6. The van der Waals surface area contributed by atoms with Gasteiger partial charge in [0.05, 0.1) is 29.5 Å². The first kappa shape index (κ1) is 23.7. The van der Waals surface area contributed by atoms with Crippen LogP contribution in [0.1, 0.15) is 0 Å². The van der Waals surface area contributed by atoms with E-state index in [-0.39, 0.29) is 0 Å². The first-order chi connectivity index (χ1) is 19.2. The second-order valence-electron chi connectivity index (χ2n) is 9.33. The molecule has 1 N–H and O–H groups in total. The molecule has 0 bridgehead atoms. The van der Waals surface area contributed by atoms with Gasteiger partial charge in [-0.1, -0.05) is 30.1 Å². The van der Waals surface area contributed by atoms with Gasteiger partial charge in [-0.3, -0.25) is 4.40 Å². The molecule has 0 spiro atoms. The first-order valence-electron chi connectivity index (χ1n) is 12.8. The van der Waals surface area contributed by atoms with Gasteiger partial charge in [0.2, 0.25) is 5.95 Å². The molecule has 1 saturated heterocycles. The van der Waals surface area contributed by atoms with Crippen LogP contribution in [0.5, 0.6) is 0 Å². The number of fused-ring (bicyclic) bond motifs is 2. The molecule has 1 aromatic carbocycles. The van der Waals surface area contributed by atoms with E-state index in [9.17, 15) is 0 Å². The van der Waals surface area contributed by atoms with E-state index in [2.05, 4.69) is 47.9 Å². The van der Waals surface area contributed by atoms with Crippen molar-refractivity contribution in [3.05, 3.63) is 85.5 Å². The van der Waals surface area contributed by atoms with Crippen LogP contribution >= 0.6 is 11.9 Å². The summed E-state index contributed by atoms with van der Waals surface area (Å²) in [4.78, 5) is 20.8. The number of nitrogens with one attached hydrogen (secondary N) is 1. The van der Waals surface area contributed by atoms with Gasteiger partial charge in [-0.05, 0) is 48.7 Å². The molecule has 5 aromatic heterocycles. The molecule has 194 valence electrons. The van der Waals surface area contributed by atoms with E-state index in [4.69, 9.17) is 9.40 Å². The fourth-order valence-electron chi connectivity index (χ4n) is 4.88. The second-order valence-corrected chi connectivity index (χ2v) is 10.2. The van der Waals surface area contributed by atoms with Crippen molar-refractivity contribution in [3.63, 3.8) is 0 Å². The van der Waals surface area contributed by atoms with E-state index in [1.54, 1.807) is 18.1 Å². The van der Waals surface area contributed by atoms with Gasteiger partial charge in [0, 0.05) is 49.5 Å². The standard InChI is InChI=1S/C29H26N8OS/c1-39-36-14-12-35(13-15-36)27-9-7-22(17-31-27)33-29-30-11-10-23(34-29)24-18-32-28-8-6-21(19-37(24)28)26-16-20-4-2-3-5-25(20)38-26/h2-11,16-19H,12-15H2,1H3,(H,30,33,34). The van der Waals surface area contributed by atoms with E-state index in [1.807, 2.05) is 71.5 Å². The van der Waals surface area contributed by atoms with Gasteiger partial charge < -0.3 is 14.6 Å². The Morgan fingerprint density at radius 2 is 1.79 bits per heavy atom. The lowest BCUT2D eigenvalue weighted by Crippen LogP contribution is -2.43. The highest BCUT2D eigenvalue weighted by Gasteiger charge is 2.17. The minimum absolute atomic E-state index is 0.499. The fraction of sp³-hybridized carbons (Fsp3) is 0.172. The molecule has 1 fully saturated rings. The summed E-state index contributed by atoms with van der Waals surface area (Å²) in [6.45, 7) is 4.02. The molecule has 6 aromatic rings. The second kappa shape index (κ2) is 10.0. The molecule has 7 rings (SSSR count). The zero-order chi connectivity index (χ0) is 26.2. The maximum atomic E-state index is 6.09. The Morgan fingerprint density at radius 1 is 0.897 bits per heavy atom. The third kappa shape index (κ3) is 4.68. The normalized spacial score (nSPS) is 14.3. The average Bonchev–Trinajstić information content (AvgIpc) is 3.62. The van der Waals surface area contributed by atoms with Crippen LogP contribution in [-0.2, 0) is 0 Å². The third-order valence-corrected chi connectivity index (χ3v) is 7.84. The lowest BCUT2D eigenvalue weighted by molar-refractivity contribution is 0.429. The summed E-state index contributed by atoms with van der Waals surface area (Å²) in [5.74, 6) is 2.30. The van der Waals surface area contributed by atoms with Crippen LogP contribution in [0.25, 0.3) is 39.3 Å². The average molecular weight is 535 g/mol. The molecule has 0 radical (unpaired) electrons. The lowest BCUT2D eigenvalue weighted by Gasteiger charge is -2.33. The number of imidazole rings is 1. The minimum Gasteiger partial charge on any atom is -0.456 e. The van der Waals surface area contributed by atoms with Gasteiger partial charge >= 0.3 is 0 Å². The quantitative estimate of drug-likeness (QED) is 0.269. The summed E-state index contributed by atoms with van der Waals surface area (Å²) < 4.78 is 10.5. The highest BCUT2D eigenvalue weighted by molar-refractivity contribution is 7.96. The number of nitrogens with zero attached hydrogens (tertiary/aromatic N) is 7. The van der Waals surface area contributed by atoms with Crippen molar-refractivity contribution in [2.75, 3.05) is 42.7 Å². The Labute approximate surface area is 229 Å². The number of hydrogen-bond donors (Lipinski definition) is 1. The van der Waals surface area contributed by atoms with E-state index in [0.717, 1.165) is 77.0 Å². The van der Waals surface area contributed by atoms with E-state index in [0.29, 0.717) is 5.95 Å². The maximum absolute atomic E-state index is 6.09. The summed E-state index contributed by atoms with van der Waals surface area (Å²) in [6, 6.07) is 20.0. The van der Waals surface area contributed by atoms with Crippen LogP contribution in [-0.4, -0.2) is 61.1 Å². The molecule has 0 amide bonds. The van der Waals surface area contributed by atoms with E-state index in [1.165, 1.54) is 0 Å². The van der Waals surface area contributed by atoms with Crippen molar-refractivity contribution in [2.24, 2.45) is 0 Å². The number of hydrogen-bond acceptors (Lipinski definition) is 9. The number of pyridine rings is 2. The van der Waals surface area contributed by atoms with Gasteiger partial charge in [0.15, 0.2) is 0 Å². The van der Waals surface area contributed by atoms with Gasteiger partial charge in [-0.15, -0.1) is 0 Å². The minimum atomic E-state index is 0.499. The molecular weight excluding hydrogens is 508 g/mol. The van der Waals surface area contributed by atoms with Crippen LogP contribution in [0.15, 0.2) is 89.9 Å². The van der Waals surface area contributed by atoms with Crippen molar-refractivity contribution in [1.29, 1.82) is 0 Å². The number of piperazine rings is 1. The molecule has 6 heterocycles. The van der Waals surface area contributed by atoms with Crippen LogP contribution in [0, 0.1) is 0 Å². The predicted octanol–water partition coefficient (Wildman–Crippen LogP) is 5.74. The van der Waals surface area contributed by atoms with Crippen molar-refractivity contribution >= 4 is 46.0 Å². The van der Waals surface area contributed by atoms with Gasteiger partial charge in [0.25, 0.3) is 0 Å². The largest absolute Gasteiger partial charge is 0.456 e. The molecule has 9 nitrogen and oxygen atoms in total. The van der Waals surface area contributed by atoms with Crippen LogP contribution in [0.4, 0.5) is 17.5 Å². The third-order valence-electron chi connectivity index (χ3n) is 6.96. The van der Waals surface area contributed by atoms with Crippen molar-refractivity contribution in [2.45, 2.75) is 0 Å². The summed E-state index contributed by atoms with van der Waals surface area (Å²) in [5, 5.41) is 4.37. The Hall–Kier alpha value is -4.41. The molecule has 0 aliphatic carbocycles. The summed E-state index contributed by atoms with van der Waals surface area (Å²) in [7, 11) is 0. The number of para-hydroxylation sites is 1. The zero-order valence-electron chi connectivity index (χ0n) is 21.4. The Balaban J connectivity index is 1.12. The molecule has 1 aliphatic rings. The van der Waals surface area contributed by atoms with Gasteiger partial charge in [-0.25, -0.2) is 24.2 Å². The maximum Gasteiger partial charge on any atom is 0.227 e. The number of benzene rings is 1. The number of aromatic nitrogens is 5. The SMILES string of the molecule is CSN1CCN(c2ccc(Nc3nccc(-c4cnc5ccc(-c6cc7ccccc7o6)cn45)n3)cn2)CC1. The molecule has 0 atom stereocenters. The van der Waals surface area contributed by atoms with Gasteiger partial charge in [0.1, 0.15) is 22.8 Å². The highest BCUT2D eigenvalue weighted by Crippen LogP contribution is 2.29. The topological polar surface area (TPSA) is 87.6 Å². The molecular formula is C29H26N8OS.